The van der Waals surface area contributed by atoms with E-state index in [1.165, 1.54) is 4.90 Å². The zero-order valence-electron chi connectivity index (χ0n) is 11.7. The van der Waals surface area contributed by atoms with Crippen molar-refractivity contribution in [3.8, 4) is 0 Å². The van der Waals surface area contributed by atoms with Crippen LogP contribution in [-0.2, 0) is 9.59 Å². The summed E-state index contributed by atoms with van der Waals surface area (Å²) in [5, 5.41) is 11.5. The second-order valence-corrected chi connectivity index (χ2v) is 5.43. The summed E-state index contributed by atoms with van der Waals surface area (Å²) in [6.45, 7) is 0.709. The number of amides is 3. The van der Waals surface area contributed by atoms with Gasteiger partial charge in [0.15, 0.2) is 0 Å². The van der Waals surface area contributed by atoms with Crippen molar-refractivity contribution in [1.82, 2.24) is 15.1 Å². The molecule has 7 heteroatoms. The molecule has 1 saturated heterocycles. The summed E-state index contributed by atoms with van der Waals surface area (Å²) in [5.41, 5.74) is 0. The van der Waals surface area contributed by atoms with Crippen LogP contribution in [0, 0.1) is 5.92 Å². The molecule has 0 radical (unpaired) electrons. The predicted molar refractivity (Wildman–Crippen MR) is 71.1 cm³/mol. The number of hydrogen-bond acceptors (Lipinski definition) is 3. The zero-order chi connectivity index (χ0) is 14.7. The minimum absolute atomic E-state index is 0.0546. The number of nitrogens with one attached hydrogen (secondary N) is 1. The van der Waals surface area contributed by atoms with E-state index < -0.39 is 5.97 Å². The van der Waals surface area contributed by atoms with E-state index in [0.29, 0.717) is 13.1 Å². The summed E-state index contributed by atoms with van der Waals surface area (Å²) in [7, 11) is 1.59. The lowest BCUT2D eigenvalue weighted by molar-refractivity contribution is -0.138. The number of carboxylic acids is 1. The summed E-state index contributed by atoms with van der Waals surface area (Å²) < 4.78 is 0. The molecule has 0 spiro atoms. The number of piperidine rings is 1. The molecule has 2 fully saturated rings. The van der Waals surface area contributed by atoms with Crippen LogP contribution in [0.5, 0.6) is 0 Å². The van der Waals surface area contributed by atoms with Crippen molar-refractivity contribution in [2.75, 3.05) is 26.7 Å². The van der Waals surface area contributed by atoms with E-state index in [1.54, 1.807) is 11.9 Å². The first-order valence-electron chi connectivity index (χ1n) is 7.02. The predicted octanol–water partition coefficient (Wildman–Crippen LogP) is 0.113. The van der Waals surface area contributed by atoms with Crippen molar-refractivity contribution in [2.45, 2.75) is 31.7 Å². The topological polar surface area (TPSA) is 90.0 Å². The largest absolute Gasteiger partial charge is 0.480 e. The quantitative estimate of drug-likeness (QED) is 0.766. The average molecular weight is 283 g/mol. The number of nitrogens with zero attached hydrogens (tertiary/aromatic N) is 2. The van der Waals surface area contributed by atoms with Crippen LogP contribution in [0.3, 0.4) is 0 Å². The van der Waals surface area contributed by atoms with Crippen molar-refractivity contribution in [3.63, 3.8) is 0 Å². The zero-order valence-corrected chi connectivity index (χ0v) is 11.7. The number of likely N-dealkylation sites (tertiary alicyclic amines) is 1. The third kappa shape index (κ3) is 3.40. The highest BCUT2D eigenvalue weighted by atomic mass is 16.4. The Bertz CT molecular complexity index is 408. The maximum absolute atomic E-state index is 12.4. The Morgan fingerprint density at radius 2 is 2.00 bits per heavy atom. The second-order valence-electron chi connectivity index (χ2n) is 5.43. The SMILES string of the molecule is CNC(=O)C1CCCN(C(=O)N(CC(=O)O)C2CC2)C1. The molecular formula is C13H21N3O4. The van der Waals surface area contributed by atoms with E-state index in [4.69, 9.17) is 5.11 Å². The first-order chi connectivity index (χ1) is 9.52. The molecule has 1 atom stereocenters. The fraction of sp³-hybridized carbons (Fsp3) is 0.769. The minimum Gasteiger partial charge on any atom is -0.480 e. The Morgan fingerprint density at radius 1 is 1.30 bits per heavy atom. The monoisotopic (exact) mass is 283 g/mol. The molecule has 1 aliphatic heterocycles. The fourth-order valence-electron chi connectivity index (χ4n) is 2.64. The summed E-state index contributed by atoms with van der Waals surface area (Å²) in [4.78, 5) is 38.0. The van der Waals surface area contributed by atoms with Crippen LogP contribution in [0.4, 0.5) is 4.79 Å². The number of hydrogen-bond donors (Lipinski definition) is 2. The van der Waals surface area contributed by atoms with Gasteiger partial charge in [-0.25, -0.2) is 4.79 Å². The van der Waals surface area contributed by atoms with Gasteiger partial charge >= 0.3 is 12.0 Å². The van der Waals surface area contributed by atoms with Gasteiger partial charge in [0.1, 0.15) is 6.54 Å². The lowest BCUT2D eigenvalue weighted by Crippen LogP contribution is -2.51. The van der Waals surface area contributed by atoms with E-state index in [2.05, 4.69) is 5.32 Å². The summed E-state index contributed by atoms with van der Waals surface area (Å²) >= 11 is 0. The van der Waals surface area contributed by atoms with Crippen LogP contribution in [0.25, 0.3) is 0 Å². The Kier molecular flexibility index (Phi) is 4.46. The molecule has 112 valence electrons. The molecule has 3 amide bonds. The lowest BCUT2D eigenvalue weighted by atomic mass is 9.97. The Hall–Kier alpha value is -1.79. The van der Waals surface area contributed by atoms with Crippen LogP contribution >= 0.6 is 0 Å². The average Bonchev–Trinajstić information content (AvgIpc) is 3.27. The first-order valence-corrected chi connectivity index (χ1v) is 7.02. The molecule has 1 heterocycles. The number of urea groups is 1. The van der Waals surface area contributed by atoms with E-state index in [0.717, 1.165) is 25.7 Å². The number of rotatable bonds is 4. The molecule has 2 N–H and O–H groups in total. The lowest BCUT2D eigenvalue weighted by Gasteiger charge is -2.35. The Morgan fingerprint density at radius 3 is 2.55 bits per heavy atom. The minimum atomic E-state index is -0.995. The van der Waals surface area contributed by atoms with Gasteiger partial charge in [0, 0.05) is 26.2 Å². The first kappa shape index (κ1) is 14.6. The third-order valence-electron chi connectivity index (χ3n) is 3.85. The summed E-state index contributed by atoms with van der Waals surface area (Å²) in [6, 6.07) is -0.192. The number of carboxylic acid groups (broad SMARTS) is 1. The highest BCUT2D eigenvalue weighted by molar-refractivity contribution is 5.83. The van der Waals surface area contributed by atoms with E-state index in [9.17, 15) is 14.4 Å². The highest BCUT2D eigenvalue weighted by Gasteiger charge is 2.38. The van der Waals surface area contributed by atoms with Gasteiger partial charge in [0.2, 0.25) is 5.91 Å². The maximum atomic E-state index is 12.4. The second kappa shape index (κ2) is 6.11. The third-order valence-corrected chi connectivity index (χ3v) is 3.85. The summed E-state index contributed by atoms with van der Waals surface area (Å²) in [6.07, 6.45) is 3.28. The van der Waals surface area contributed by atoms with Crippen molar-refractivity contribution in [3.05, 3.63) is 0 Å². The normalized spacial score (nSPS) is 22.2. The molecule has 0 aromatic heterocycles. The van der Waals surface area contributed by atoms with Crippen molar-refractivity contribution in [2.24, 2.45) is 5.92 Å². The summed E-state index contributed by atoms with van der Waals surface area (Å²) in [5.74, 6) is -1.24. The van der Waals surface area contributed by atoms with Crippen molar-refractivity contribution >= 4 is 17.9 Å². The number of carbonyl (C=O) groups is 3. The molecular weight excluding hydrogens is 262 g/mol. The standard InChI is InChI=1S/C13H21N3O4/c1-14-12(19)9-3-2-6-15(7-9)13(20)16(8-11(17)18)10-4-5-10/h9-10H,2-8H2,1H3,(H,14,19)(H,17,18). The van der Waals surface area contributed by atoms with Gasteiger partial charge < -0.3 is 20.2 Å². The number of aliphatic carboxylic acids is 1. The van der Waals surface area contributed by atoms with Gasteiger partial charge in [-0.3, -0.25) is 9.59 Å². The molecule has 7 nitrogen and oxygen atoms in total. The van der Waals surface area contributed by atoms with Gasteiger partial charge in [0.05, 0.1) is 5.92 Å². The molecule has 1 unspecified atom stereocenters. The Labute approximate surface area is 117 Å². The van der Waals surface area contributed by atoms with Crippen LogP contribution in [0.2, 0.25) is 0 Å². The van der Waals surface area contributed by atoms with Gasteiger partial charge in [-0.1, -0.05) is 0 Å². The van der Waals surface area contributed by atoms with E-state index in [-0.39, 0.29) is 30.4 Å². The van der Waals surface area contributed by atoms with Crippen molar-refractivity contribution in [1.29, 1.82) is 0 Å². The highest BCUT2D eigenvalue weighted by Crippen LogP contribution is 2.28. The maximum Gasteiger partial charge on any atom is 0.323 e. The van der Waals surface area contributed by atoms with E-state index >= 15 is 0 Å². The smallest absolute Gasteiger partial charge is 0.323 e. The van der Waals surface area contributed by atoms with Gasteiger partial charge in [-0.15, -0.1) is 0 Å². The Balaban J connectivity index is 1.99. The number of carbonyl (C=O) groups excluding carboxylic acids is 2. The molecule has 0 aromatic rings. The van der Waals surface area contributed by atoms with Crippen LogP contribution < -0.4 is 5.32 Å². The molecule has 1 saturated carbocycles. The van der Waals surface area contributed by atoms with Gasteiger partial charge in [-0.2, -0.15) is 0 Å². The van der Waals surface area contributed by atoms with Gasteiger partial charge in [0.25, 0.3) is 0 Å². The van der Waals surface area contributed by atoms with Crippen molar-refractivity contribution < 1.29 is 19.5 Å². The van der Waals surface area contributed by atoms with Crippen LogP contribution in [-0.4, -0.2) is 65.5 Å². The van der Waals surface area contributed by atoms with Crippen LogP contribution in [0.15, 0.2) is 0 Å². The molecule has 0 bridgehead atoms. The molecule has 2 rings (SSSR count). The molecule has 1 aliphatic carbocycles. The molecule has 2 aliphatic rings. The van der Waals surface area contributed by atoms with Gasteiger partial charge in [-0.05, 0) is 25.7 Å². The van der Waals surface area contributed by atoms with Crippen LogP contribution in [0.1, 0.15) is 25.7 Å². The fourth-order valence-corrected chi connectivity index (χ4v) is 2.64. The van der Waals surface area contributed by atoms with E-state index in [1.807, 2.05) is 0 Å². The molecule has 20 heavy (non-hydrogen) atoms. The molecule has 0 aromatic carbocycles.